The van der Waals surface area contributed by atoms with Crippen LogP contribution in [-0.2, 0) is 27.9 Å². The molecule has 1 aromatic carbocycles. The van der Waals surface area contributed by atoms with E-state index in [2.05, 4.69) is 18.1 Å². The second-order valence-electron chi connectivity index (χ2n) is 10.8. The van der Waals surface area contributed by atoms with Gasteiger partial charge < -0.3 is 18.9 Å². The lowest BCUT2D eigenvalue weighted by Gasteiger charge is -2.33. The number of allylic oxidation sites excluding steroid dienone is 2. The molecule has 0 saturated carbocycles. The summed E-state index contributed by atoms with van der Waals surface area (Å²) in [5, 5.41) is 6.43. The summed E-state index contributed by atoms with van der Waals surface area (Å²) in [5.41, 5.74) is 4.52. The first-order valence-electron chi connectivity index (χ1n) is 14.4. The van der Waals surface area contributed by atoms with Crippen molar-refractivity contribution in [1.29, 1.82) is 0 Å². The van der Waals surface area contributed by atoms with E-state index >= 15 is 8.78 Å². The van der Waals surface area contributed by atoms with Crippen LogP contribution in [0.25, 0.3) is 49.3 Å². The van der Waals surface area contributed by atoms with Gasteiger partial charge in [-0.25, -0.2) is 18.7 Å². The number of amides is 1. The molecule has 0 radical (unpaired) electrons. The molecule has 0 fully saturated rings. The highest BCUT2D eigenvalue weighted by atomic mass is 32.1. The molecule has 0 aliphatic carbocycles. The first-order valence-corrected chi connectivity index (χ1v) is 15.2. The lowest BCUT2D eigenvalue weighted by Crippen LogP contribution is -2.40. The number of aryl methyl sites for hydroxylation is 1. The highest BCUT2D eigenvalue weighted by Gasteiger charge is 2.32. The summed E-state index contributed by atoms with van der Waals surface area (Å²) in [6.45, 7) is 12.1. The number of ether oxygens (including phenoxy) is 2. The molecule has 1 atom stereocenters. The van der Waals surface area contributed by atoms with E-state index in [0.717, 1.165) is 22.3 Å². The first kappa shape index (κ1) is 30.4. The number of hydrogen-bond acceptors (Lipinski definition) is 7. The fourth-order valence-electron chi connectivity index (χ4n) is 5.85. The first-order chi connectivity index (χ1) is 21.6. The van der Waals surface area contributed by atoms with Gasteiger partial charge in [-0.1, -0.05) is 19.2 Å². The lowest BCUT2D eigenvalue weighted by molar-refractivity contribution is -0.129. The average Bonchev–Trinajstić information content (AvgIpc) is 3.74. The Hall–Kier alpha value is -4.68. The van der Waals surface area contributed by atoms with Gasteiger partial charge in [-0.2, -0.15) is 5.10 Å². The molecule has 12 heteroatoms. The molecular formula is C33H32F2N6O3S. The van der Waals surface area contributed by atoms with Crippen LogP contribution in [0.1, 0.15) is 31.1 Å². The van der Waals surface area contributed by atoms with Crippen molar-refractivity contribution >= 4 is 43.9 Å². The third-order valence-electron chi connectivity index (χ3n) is 8.07. The van der Waals surface area contributed by atoms with Crippen LogP contribution in [0.3, 0.4) is 0 Å². The minimum Gasteiger partial charge on any atom is -0.491 e. The quantitative estimate of drug-likeness (QED) is 0.0769. The van der Waals surface area contributed by atoms with Gasteiger partial charge in [0.15, 0.2) is 0 Å². The van der Waals surface area contributed by atoms with Crippen molar-refractivity contribution in [3.63, 3.8) is 0 Å². The predicted octanol–water partition coefficient (Wildman–Crippen LogP) is 6.82. The van der Waals surface area contributed by atoms with E-state index in [4.69, 9.17) is 19.6 Å². The third kappa shape index (κ3) is 5.23. The molecule has 0 saturated heterocycles. The van der Waals surface area contributed by atoms with Gasteiger partial charge in [0, 0.05) is 42.6 Å². The summed E-state index contributed by atoms with van der Waals surface area (Å²) in [6, 6.07) is 7.26. The monoisotopic (exact) mass is 630 g/mol. The van der Waals surface area contributed by atoms with Crippen LogP contribution in [0.4, 0.5) is 8.78 Å². The van der Waals surface area contributed by atoms with Crippen molar-refractivity contribution in [2.45, 2.75) is 26.4 Å². The molecule has 5 aromatic rings. The number of rotatable bonds is 9. The number of nitrogens with zero attached hydrogens (tertiary/aromatic N) is 6. The zero-order valence-electron chi connectivity index (χ0n) is 25.4. The highest BCUT2D eigenvalue weighted by molar-refractivity contribution is 7.17. The summed E-state index contributed by atoms with van der Waals surface area (Å²) in [4.78, 5) is 23.9. The van der Waals surface area contributed by atoms with E-state index in [0.29, 0.717) is 29.2 Å². The maximum absolute atomic E-state index is 16.0. The summed E-state index contributed by atoms with van der Waals surface area (Å²) in [5.74, 6) is -1.32. The Balaban J connectivity index is 1.63. The minimum absolute atomic E-state index is 0.00915. The number of benzene rings is 1. The van der Waals surface area contributed by atoms with Gasteiger partial charge in [0.25, 0.3) is 0 Å². The largest absolute Gasteiger partial charge is 0.491 e. The Kier molecular flexibility index (Phi) is 8.10. The average molecular weight is 631 g/mol. The van der Waals surface area contributed by atoms with E-state index in [1.165, 1.54) is 36.8 Å². The third-order valence-corrected chi connectivity index (χ3v) is 9.03. The number of hydrogen-bond donors (Lipinski definition) is 0. The number of carbonyl (C=O) groups excluding carboxylic acids is 1. The molecule has 1 aliphatic heterocycles. The molecule has 1 aliphatic rings. The van der Waals surface area contributed by atoms with Crippen LogP contribution in [0, 0.1) is 5.82 Å². The maximum atomic E-state index is 16.0. The number of carbonyl (C=O) groups is 1. The van der Waals surface area contributed by atoms with Crippen LogP contribution < -0.4 is 0 Å². The van der Waals surface area contributed by atoms with Crippen molar-refractivity contribution in [3.05, 3.63) is 83.9 Å². The molecule has 0 spiro atoms. The van der Waals surface area contributed by atoms with Crippen LogP contribution in [-0.4, -0.2) is 62.0 Å². The van der Waals surface area contributed by atoms with Crippen molar-refractivity contribution < 1.29 is 23.0 Å². The van der Waals surface area contributed by atoms with Crippen LogP contribution >= 0.6 is 11.3 Å². The van der Waals surface area contributed by atoms with Crippen molar-refractivity contribution in [3.8, 4) is 22.6 Å². The van der Waals surface area contributed by atoms with E-state index in [9.17, 15) is 4.79 Å². The van der Waals surface area contributed by atoms with Crippen LogP contribution in [0.5, 0.6) is 0 Å². The summed E-state index contributed by atoms with van der Waals surface area (Å²) in [7, 11) is 3.44. The zero-order valence-corrected chi connectivity index (χ0v) is 26.3. The topological polar surface area (TPSA) is 87.3 Å². The molecule has 9 nitrogen and oxygen atoms in total. The molecule has 45 heavy (non-hydrogen) atoms. The van der Waals surface area contributed by atoms with E-state index in [-0.39, 0.29) is 53.1 Å². The number of methoxy groups -OCH3 is 1. The maximum Gasteiger partial charge on any atom is 0.246 e. The molecular weight excluding hydrogens is 598 g/mol. The number of pyridine rings is 1. The lowest BCUT2D eigenvalue weighted by atomic mass is 9.94. The van der Waals surface area contributed by atoms with Crippen molar-refractivity contribution in [2.75, 3.05) is 26.9 Å². The second-order valence-corrected chi connectivity index (χ2v) is 11.7. The number of imidazole rings is 1. The molecule has 232 valence electrons. The molecule has 0 N–H and O–H groups in total. The van der Waals surface area contributed by atoms with E-state index in [1.807, 2.05) is 47.5 Å². The SMILES string of the molecule is C=CC(=O)N1CCn2nc(-c3nc(-c4ccc5c(c4)ncn5C)c4scc(F)c4c3C(C(=C)OCCOC)=C(C)F)cc2[C@H]1C. The molecule has 0 unspecified atom stereocenters. The summed E-state index contributed by atoms with van der Waals surface area (Å²) in [6.07, 6.45) is 3.02. The molecule has 1 amide bonds. The van der Waals surface area contributed by atoms with Gasteiger partial charge in [-0.15, -0.1) is 11.3 Å². The van der Waals surface area contributed by atoms with Gasteiger partial charge in [-0.05, 0) is 38.1 Å². The Morgan fingerprint density at radius 2 is 2.02 bits per heavy atom. The minimum atomic E-state index is -0.616. The van der Waals surface area contributed by atoms with Crippen molar-refractivity contribution in [1.82, 2.24) is 29.2 Å². The van der Waals surface area contributed by atoms with Gasteiger partial charge in [0.1, 0.15) is 35.4 Å². The Bertz CT molecular complexity index is 2020. The second kappa shape index (κ2) is 12.0. The number of halogens is 2. The summed E-state index contributed by atoms with van der Waals surface area (Å²) < 4.78 is 46.7. The van der Waals surface area contributed by atoms with Gasteiger partial charge in [0.05, 0.1) is 58.2 Å². The van der Waals surface area contributed by atoms with Crippen LogP contribution in [0.15, 0.2) is 66.8 Å². The van der Waals surface area contributed by atoms with Gasteiger partial charge in [0.2, 0.25) is 5.91 Å². The number of thiophene rings is 1. The van der Waals surface area contributed by atoms with E-state index in [1.54, 1.807) is 11.2 Å². The standard InChI is InChI=1S/C33H32F2N6O3S/c1-7-27(42)40-10-11-41-26(19(40)3)15-24(38-41)32-30(28(18(2)34)20(4)44-13-12-43-6)29-22(35)16-45-33(29)31(37-32)21-8-9-25-23(14-21)36-17-39(25)5/h7-9,14-17,19H,1,4,10-13H2,2-3,5-6H3/t19-/m1/s1. The van der Waals surface area contributed by atoms with Crippen LogP contribution in [0.2, 0.25) is 0 Å². The Morgan fingerprint density at radius 1 is 1.22 bits per heavy atom. The fraction of sp³-hybridized carbons (Fsp3) is 0.273. The fourth-order valence-corrected chi connectivity index (χ4v) is 6.78. The molecule has 4 aromatic heterocycles. The summed E-state index contributed by atoms with van der Waals surface area (Å²) >= 11 is 1.18. The molecule has 0 bridgehead atoms. The number of aromatic nitrogens is 5. The Labute approximate surface area is 262 Å². The van der Waals surface area contributed by atoms with E-state index < -0.39 is 11.6 Å². The van der Waals surface area contributed by atoms with Gasteiger partial charge >= 0.3 is 0 Å². The predicted molar refractivity (Wildman–Crippen MR) is 172 cm³/mol. The molecule has 6 rings (SSSR count). The smallest absolute Gasteiger partial charge is 0.246 e. The van der Waals surface area contributed by atoms with Crippen molar-refractivity contribution in [2.24, 2.45) is 7.05 Å². The van der Waals surface area contributed by atoms with Gasteiger partial charge in [-0.3, -0.25) is 9.48 Å². The number of fused-ring (bicyclic) bond motifs is 3. The normalized spacial score (nSPS) is 15.3. The highest BCUT2D eigenvalue weighted by Crippen LogP contribution is 2.45. The zero-order chi connectivity index (χ0) is 32.0. The Morgan fingerprint density at radius 3 is 2.76 bits per heavy atom. The molecule has 5 heterocycles.